The number of allylic oxidation sites excluding steroid dienone is 4. The summed E-state index contributed by atoms with van der Waals surface area (Å²) < 4.78 is 15.6. The van der Waals surface area contributed by atoms with Gasteiger partial charge in [0.25, 0.3) is 0 Å². The number of carbonyl (C=O) groups excluding carboxylic acids is 2. The van der Waals surface area contributed by atoms with E-state index in [0.717, 1.165) is 49.5 Å². The Bertz CT molecular complexity index is 584. The molecule has 31 heavy (non-hydrogen) atoms. The first kappa shape index (κ1) is 27.8. The molecule has 0 saturated heterocycles. The number of ether oxygens (including phenoxy) is 3. The molecule has 0 spiro atoms. The Kier molecular flexibility index (Phi) is 15.5. The first-order valence-corrected chi connectivity index (χ1v) is 12.9. The van der Waals surface area contributed by atoms with Gasteiger partial charge in [-0.25, -0.2) is 4.79 Å². The molecule has 0 heterocycles. The molecule has 2 unspecified atom stereocenters. The van der Waals surface area contributed by atoms with Crippen LogP contribution in [0.15, 0.2) is 22.8 Å². The molecule has 178 valence electrons. The highest BCUT2D eigenvalue weighted by atomic mass is 32.2. The lowest BCUT2D eigenvalue weighted by Gasteiger charge is -2.13. The zero-order valence-corrected chi connectivity index (χ0v) is 20.8. The molecule has 1 aliphatic carbocycles. The van der Waals surface area contributed by atoms with Gasteiger partial charge in [-0.15, -0.1) is 11.8 Å². The predicted octanol–water partition coefficient (Wildman–Crippen LogP) is 6.43. The van der Waals surface area contributed by atoms with Gasteiger partial charge in [0, 0.05) is 36.0 Å². The third-order valence-electron chi connectivity index (χ3n) is 5.37. The normalized spacial score (nSPS) is 17.4. The van der Waals surface area contributed by atoms with Crippen LogP contribution in [0.4, 0.5) is 0 Å². The fourth-order valence-corrected chi connectivity index (χ4v) is 4.71. The maximum absolute atomic E-state index is 12.0. The van der Waals surface area contributed by atoms with Crippen LogP contribution in [0.25, 0.3) is 0 Å². The first-order valence-electron chi connectivity index (χ1n) is 11.9. The highest BCUT2D eigenvalue weighted by molar-refractivity contribution is 8.03. The summed E-state index contributed by atoms with van der Waals surface area (Å²) in [6.07, 6.45) is 14.7. The zero-order chi connectivity index (χ0) is 22.9. The van der Waals surface area contributed by atoms with E-state index in [1.54, 1.807) is 11.8 Å². The fraction of sp³-hybridized carbons (Fsp3) is 0.760. The summed E-state index contributed by atoms with van der Waals surface area (Å²) in [5.74, 6) is 2.33. The third kappa shape index (κ3) is 12.4. The SMILES string of the molecule is CCCCC(C)CC/C=C/C1CCC(OC(=O)CCC)=C1SCCCOCC(=O)OC. The number of rotatable bonds is 17. The molecule has 1 aliphatic rings. The molecule has 0 N–H and O–H groups in total. The minimum atomic E-state index is -0.356. The van der Waals surface area contributed by atoms with E-state index in [1.807, 2.05) is 6.92 Å². The summed E-state index contributed by atoms with van der Waals surface area (Å²) in [6.45, 7) is 7.08. The van der Waals surface area contributed by atoms with Gasteiger partial charge in [-0.2, -0.15) is 0 Å². The van der Waals surface area contributed by atoms with Gasteiger partial charge in [-0.3, -0.25) is 4.79 Å². The number of esters is 2. The van der Waals surface area contributed by atoms with Crippen molar-refractivity contribution in [3.8, 4) is 0 Å². The van der Waals surface area contributed by atoms with Crippen LogP contribution in [0.1, 0.15) is 85.0 Å². The van der Waals surface area contributed by atoms with E-state index in [2.05, 4.69) is 30.7 Å². The van der Waals surface area contributed by atoms with E-state index in [-0.39, 0.29) is 18.5 Å². The van der Waals surface area contributed by atoms with Crippen molar-refractivity contribution in [3.63, 3.8) is 0 Å². The molecule has 0 radical (unpaired) electrons. The zero-order valence-electron chi connectivity index (χ0n) is 20.0. The first-order chi connectivity index (χ1) is 15.0. The van der Waals surface area contributed by atoms with E-state index in [0.29, 0.717) is 18.9 Å². The summed E-state index contributed by atoms with van der Waals surface area (Å²) >= 11 is 1.76. The lowest BCUT2D eigenvalue weighted by atomic mass is 9.98. The molecule has 0 amide bonds. The van der Waals surface area contributed by atoms with Crippen molar-refractivity contribution in [1.82, 2.24) is 0 Å². The Hall–Kier alpha value is -1.27. The highest BCUT2D eigenvalue weighted by Gasteiger charge is 2.26. The van der Waals surface area contributed by atoms with Gasteiger partial charge in [0.05, 0.1) is 7.11 Å². The number of methoxy groups -OCH3 is 1. The Morgan fingerprint density at radius 1 is 1.16 bits per heavy atom. The van der Waals surface area contributed by atoms with Gasteiger partial charge < -0.3 is 14.2 Å². The van der Waals surface area contributed by atoms with E-state index >= 15 is 0 Å². The van der Waals surface area contributed by atoms with Crippen molar-refractivity contribution in [2.75, 3.05) is 26.1 Å². The minimum absolute atomic E-state index is 0.00815. The van der Waals surface area contributed by atoms with E-state index in [1.165, 1.54) is 37.7 Å². The van der Waals surface area contributed by atoms with Crippen molar-refractivity contribution in [3.05, 3.63) is 22.8 Å². The molecule has 6 heteroatoms. The van der Waals surface area contributed by atoms with Crippen molar-refractivity contribution >= 4 is 23.7 Å². The molecular weight excluding hydrogens is 412 g/mol. The van der Waals surface area contributed by atoms with Gasteiger partial charge in [0.2, 0.25) is 0 Å². The molecule has 0 saturated carbocycles. The van der Waals surface area contributed by atoms with Gasteiger partial charge in [-0.05, 0) is 38.0 Å². The Labute approximate surface area is 193 Å². The average molecular weight is 455 g/mol. The van der Waals surface area contributed by atoms with Crippen LogP contribution in [0, 0.1) is 11.8 Å². The molecule has 0 fully saturated rings. The van der Waals surface area contributed by atoms with Gasteiger partial charge >= 0.3 is 11.9 Å². The lowest BCUT2D eigenvalue weighted by Crippen LogP contribution is -2.11. The summed E-state index contributed by atoms with van der Waals surface area (Å²) in [7, 11) is 1.36. The molecule has 0 aromatic carbocycles. The largest absolute Gasteiger partial charge is 0.467 e. The average Bonchev–Trinajstić information content (AvgIpc) is 3.13. The maximum atomic E-state index is 12.0. The molecule has 0 aromatic rings. The van der Waals surface area contributed by atoms with Crippen LogP contribution in [0.5, 0.6) is 0 Å². The second-order valence-corrected chi connectivity index (χ2v) is 9.38. The Balaban J connectivity index is 2.56. The molecule has 0 aromatic heterocycles. The number of unbranched alkanes of at least 4 members (excludes halogenated alkanes) is 1. The Morgan fingerprint density at radius 2 is 1.97 bits per heavy atom. The van der Waals surface area contributed by atoms with Crippen molar-refractivity contribution in [1.29, 1.82) is 0 Å². The quantitative estimate of drug-likeness (QED) is 0.143. The summed E-state index contributed by atoms with van der Waals surface area (Å²) in [4.78, 5) is 24.3. The van der Waals surface area contributed by atoms with Crippen LogP contribution in [-0.4, -0.2) is 38.0 Å². The van der Waals surface area contributed by atoms with Crippen LogP contribution in [0.2, 0.25) is 0 Å². The fourth-order valence-electron chi connectivity index (χ4n) is 3.51. The number of carbonyl (C=O) groups is 2. The molecule has 5 nitrogen and oxygen atoms in total. The number of thioether (sulfide) groups is 1. The monoisotopic (exact) mass is 454 g/mol. The smallest absolute Gasteiger partial charge is 0.331 e. The van der Waals surface area contributed by atoms with Crippen LogP contribution < -0.4 is 0 Å². The van der Waals surface area contributed by atoms with E-state index in [4.69, 9.17) is 9.47 Å². The van der Waals surface area contributed by atoms with Gasteiger partial charge in [-0.1, -0.05) is 52.2 Å². The highest BCUT2D eigenvalue weighted by Crippen LogP contribution is 2.41. The van der Waals surface area contributed by atoms with Crippen molar-refractivity contribution < 1.29 is 23.8 Å². The van der Waals surface area contributed by atoms with Crippen LogP contribution in [-0.2, 0) is 23.8 Å². The van der Waals surface area contributed by atoms with Crippen LogP contribution in [0.3, 0.4) is 0 Å². The minimum Gasteiger partial charge on any atom is -0.467 e. The molecule has 2 atom stereocenters. The summed E-state index contributed by atoms with van der Waals surface area (Å²) in [5.41, 5.74) is 0. The maximum Gasteiger partial charge on any atom is 0.331 e. The predicted molar refractivity (Wildman–Crippen MR) is 128 cm³/mol. The van der Waals surface area contributed by atoms with Gasteiger partial charge in [0.1, 0.15) is 12.4 Å². The van der Waals surface area contributed by atoms with E-state index < -0.39 is 0 Å². The molecular formula is C25H42O5S. The third-order valence-corrected chi connectivity index (χ3v) is 6.70. The van der Waals surface area contributed by atoms with Crippen molar-refractivity contribution in [2.24, 2.45) is 11.8 Å². The van der Waals surface area contributed by atoms with Gasteiger partial charge in [0.15, 0.2) is 0 Å². The number of hydrogen-bond acceptors (Lipinski definition) is 6. The second kappa shape index (κ2) is 17.3. The van der Waals surface area contributed by atoms with Crippen LogP contribution >= 0.6 is 11.8 Å². The van der Waals surface area contributed by atoms with E-state index in [9.17, 15) is 9.59 Å². The van der Waals surface area contributed by atoms with Crippen molar-refractivity contribution in [2.45, 2.75) is 85.0 Å². The topological polar surface area (TPSA) is 61.8 Å². The summed E-state index contributed by atoms with van der Waals surface area (Å²) in [5, 5.41) is 0. The standard InChI is InChI=1S/C25H42O5S/c1-5-7-12-20(3)13-8-9-14-21-15-16-22(30-23(26)11-6-2)25(21)31-18-10-17-29-19-24(27)28-4/h9,14,20-21H,5-8,10-13,15-19H2,1-4H3/b14-9+. The number of hydrogen-bond donors (Lipinski definition) is 0. The summed E-state index contributed by atoms with van der Waals surface area (Å²) in [6, 6.07) is 0. The Morgan fingerprint density at radius 3 is 2.68 bits per heavy atom. The molecule has 0 bridgehead atoms. The second-order valence-electron chi connectivity index (χ2n) is 8.24. The lowest BCUT2D eigenvalue weighted by molar-refractivity contribution is -0.145. The molecule has 1 rings (SSSR count). The molecule has 0 aliphatic heterocycles.